The highest BCUT2D eigenvalue weighted by atomic mass is 16.5. The number of carbonyl (C=O) groups excluding carboxylic acids is 1. The first-order valence-corrected chi connectivity index (χ1v) is 7.23. The molecule has 1 aromatic rings. The predicted octanol–water partition coefficient (Wildman–Crippen LogP) is 1.45. The topological polar surface area (TPSA) is 44.8 Å². The van der Waals surface area contributed by atoms with E-state index in [1.54, 1.807) is 19.1 Å². The summed E-state index contributed by atoms with van der Waals surface area (Å²) >= 11 is 0. The van der Waals surface area contributed by atoms with Crippen molar-refractivity contribution in [1.82, 2.24) is 15.1 Å². The normalized spacial score (nSPS) is 12.2. The van der Waals surface area contributed by atoms with Gasteiger partial charge in [-0.3, -0.25) is 0 Å². The van der Waals surface area contributed by atoms with Crippen molar-refractivity contribution in [3.63, 3.8) is 0 Å². The van der Waals surface area contributed by atoms with E-state index >= 15 is 0 Å². The third-order valence-electron chi connectivity index (χ3n) is 3.51. The van der Waals surface area contributed by atoms with Crippen LogP contribution in [-0.4, -0.2) is 69.8 Å². The van der Waals surface area contributed by atoms with E-state index in [1.165, 1.54) is 5.56 Å². The second-order valence-electron chi connectivity index (χ2n) is 5.41. The SMILES string of the molecule is COCCN(C)C(=O)NCC(Cc1ccccc1)N(C)C. The van der Waals surface area contributed by atoms with Crippen molar-refractivity contribution in [1.29, 1.82) is 0 Å². The Kier molecular flexibility index (Phi) is 7.79. The fourth-order valence-electron chi connectivity index (χ4n) is 1.99. The first kappa shape index (κ1) is 17.5. The highest BCUT2D eigenvalue weighted by Crippen LogP contribution is 2.06. The maximum atomic E-state index is 12.0. The van der Waals surface area contributed by atoms with Crippen LogP contribution in [0.1, 0.15) is 5.56 Å². The van der Waals surface area contributed by atoms with Crippen molar-refractivity contribution in [3.05, 3.63) is 35.9 Å². The molecule has 0 aliphatic heterocycles. The molecule has 1 N–H and O–H groups in total. The molecule has 0 saturated heterocycles. The molecule has 0 heterocycles. The number of hydrogen-bond donors (Lipinski definition) is 1. The van der Waals surface area contributed by atoms with Gasteiger partial charge in [-0.1, -0.05) is 30.3 Å². The third-order valence-corrected chi connectivity index (χ3v) is 3.51. The van der Waals surface area contributed by atoms with E-state index in [-0.39, 0.29) is 12.1 Å². The highest BCUT2D eigenvalue weighted by molar-refractivity contribution is 5.73. The van der Waals surface area contributed by atoms with Crippen LogP contribution in [0, 0.1) is 0 Å². The molecule has 1 atom stereocenters. The van der Waals surface area contributed by atoms with Crippen molar-refractivity contribution in [2.45, 2.75) is 12.5 Å². The van der Waals surface area contributed by atoms with Gasteiger partial charge in [0.2, 0.25) is 0 Å². The van der Waals surface area contributed by atoms with Crippen molar-refractivity contribution in [2.24, 2.45) is 0 Å². The van der Waals surface area contributed by atoms with Gasteiger partial charge >= 0.3 is 6.03 Å². The van der Waals surface area contributed by atoms with E-state index < -0.39 is 0 Å². The van der Waals surface area contributed by atoms with Gasteiger partial charge in [0.05, 0.1) is 6.61 Å². The molecule has 21 heavy (non-hydrogen) atoms. The first-order valence-electron chi connectivity index (χ1n) is 7.23. The number of nitrogens with zero attached hydrogens (tertiary/aromatic N) is 2. The molecule has 1 unspecified atom stereocenters. The lowest BCUT2D eigenvalue weighted by Crippen LogP contribution is -2.46. The third kappa shape index (κ3) is 6.60. The fourth-order valence-corrected chi connectivity index (χ4v) is 1.99. The van der Waals surface area contributed by atoms with Crippen LogP contribution in [0.5, 0.6) is 0 Å². The molecule has 5 heteroatoms. The van der Waals surface area contributed by atoms with Crippen molar-refractivity contribution in [2.75, 3.05) is 47.9 Å². The van der Waals surface area contributed by atoms with Crippen LogP contribution >= 0.6 is 0 Å². The number of nitrogens with one attached hydrogen (secondary N) is 1. The van der Waals surface area contributed by atoms with Crippen LogP contribution in [0.4, 0.5) is 4.79 Å². The number of likely N-dealkylation sites (N-methyl/N-ethyl adjacent to an activating group) is 2. The largest absolute Gasteiger partial charge is 0.383 e. The maximum absolute atomic E-state index is 12.0. The van der Waals surface area contributed by atoms with Crippen LogP contribution in [0.25, 0.3) is 0 Å². The molecule has 0 fully saturated rings. The number of hydrogen-bond acceptors (Lipinski definition) is 3. The summed E-state index contributed by atoms with van der Waals surface area (Å²) in [6.07, 6.45) is 0.913. The zero-order valence-corrected chi connectivity index (χ0v) is 13.5. The summed E-state index contributed by atoms with van der Waals surface area (Å²) in [4.78, 5) is 15.7. The van der Waals surface area contributed by atoms with Gasteiger partial charge in [-0.25, -0.2) is 4.79 Å². The van der Waals surface area contributed by atoms with Gasteiger partial charge in [-0.2, -0.15) is 0 Å². The van der Waals surface area contributed by atoms with Crippen molar-refractivity contribution in [3.8, 4) is 0 Å². The minimum absolute atomic E-state index is 0.0630. The predicted molar refractivity (Wildman–Crippen MR) is 85.5 cm³/mol. The lowest BCUT2D eigenvalue weighted by Gasteiger charge is -2.26. The van der Waals surface area contributed by atoms with Gasteiger partial charge in [-0.15, -0.1) is 0 Å². The Morgan fingerprint density at radius 2 is 1.90 bits per heavy atom. The molecule has 0 aromatic heterocycles. The van der Waals surface area contributed by atoms with E-state index in [9.17, 15) is 4.79 Å². The van der Waals surface area contributed by atoms with Crippen LogP contribution in [0.15, 0.2) is 30.3 Å². The second-order valence-corrected chi connectivity index (χ2v) is 5.41. The molecule has 0 aliphatic carbocycles. The minimum Gasteiger partial charge on any atom is -0.383 e. The molecule has 0 bridgehead atoms. The van der Waals surface area contributed by atoms with E-state index in [2.05, 4.69) is 22.3 Å². The summed E-state index contributed by atoms with van der Waals surface area (Å²) in [6, 6.07) is 10.5. The molecule has 0 spiro atoms. The first-order chi connectivity index (χ1) is 10.0. The zero-order valence-electron chi connectivity index (χ0n) is 13.5. The maximum Gasteiger partial charge on any atom is 0.317 e. The van der Waals surface area contributed by atoms with E-state index in [0.29, 0.717) is 19.7 Å². The zero-order chi connectivity index (χ0) is 15.7. The average Bonchev–Trinajstić information content (AvgIpc) is 2.49. The molecule has 1 aromatic carbocycles. The van der Waals surface area contributed by atoms with E-state index in [0.717, 1.165) is 6.42 Å². The lowest BCUT2D eigenvalue weighted by atomic mass is 10.1. The summed E-state index contributed by atoms with van der Waals surface area (Å²) in [5, 5.41) is 2.98. The summed E-state index contributed by atoms with van der Waals surface area (Å²) in [7, 11) is 7.48. The van der Waals surface area contributed by atoms with Gasteiger partial charge in [0.25, 0.3) is 0 Å². The number of methoxy groups -OCH3 is 1. The summed E-state index contributed by atoms with van der Waals surface area (Å²) in [5.74, 6) is 0. The molecule has 2 amide bonds. The molecule has 1 rings (SSSR count). The van der Waals surface area contributed by atoms with Gasteiger partial charge in [0.15, 0.2) is 0 Å². The minimum atomic E-state index is -0.0630. The Balaban J connectivity index is 2.46. The highest BCUT2D eigenvalue weighted by Gasteiger charge is 2.15. The summed E-state index contributed by atoms with van der Waals surface area (Å²) in [6.45, 7) is 1.76. The molecular formula is C16H27N3O2. The van der Waals surface area contributed by atoms with E-state index in [1.807, 2.05) is 32.3 Å². The molecule has 0 saturated carbocycles. The summed E-state index contributed by atoms with van der Waals surface area (Å²) < 4.78 is 4.98. The average molecular weight is 293 g/mol. The Morgan fingerprint density at radius 1 is 1.24 bits per heavy atom. The molecule has 118 valence electrons. The van der Waals surface area contributed by atoms with Crippen molar-refractivity contribution >= 4 is 6.03 Å². The molecule has 0 radical (unpaired) electrons. The molecule has 0 aliphatic rings. The Bertz CT molecular complexity index is 409. The smallest absolute Gasteiger partial charge is 0.317 e. The van der Waals surface area contributed by atoms with Crippen LogP contribution in [-0.2, 0) is 11.2 Å². The second kappa shape index (κ2) is 9.37. The monoisotopic (exact) mass is 293 g/mol. The van der Waals surface area contributed by atoms with Gasteiger partial charge in [-0.05, 0) is 26.1 Å². The number of benzene rings is 1. The van der Waals surface area contributed by atoms with Gasteiger partial charge < -0.3 is 19.9 Å². The van der Waals surface area contributed by atoms with Crippen LogP contribution < -0.4 is 5.32 Å². The number of amides is 2. The Morgan fingerprint density at radius 3 is 2.48 bits per heavy atom. The number of urea groups is 1. The van der Waals surface area contributed by atoms with Crippen LogP contribution in [0.3, 0.4) is 0 Å². The number of rotatable bonds is 8. The number of carbonyl (C=O) groups is 1. The van der Waals surface area contributed by atoms with Crippen LogP contribution in [0.2, 0.25) is 0 Å². The lowest BCUT2D eigenvalue weighted by molar-refractivity contribution is 0.158. The quantitative estimate of drug-likeness (QED) is 0.789. The van der Waals surface area contributed by atoms with Gasteiger partial charge in [0.1, 0.15) is 0 Å². The molecule has 5 nitrogen and oxygen atoms in total. The van der Waals surface area contributed by atoms with E-state index in [4.69, 9.17) is 4.74 Å². The van der Waals surface area contributed by atoms with Gasteiger partial charge in [0, 0.05) is 33.3 Å². The Labute approximate surface area is 127 Å². The fraction of sp³-hybridized carbons (Fsp3) is 0.562. The van der Waals surface area contributed by atoms with Crippen molar-refractivity contribution < 1.29 is 9.53 Å². The molecular weight excluding hydrogens is 266 g/mol. The number of ether oxygens (including phenoxy) is 1. The summed E-state index contributed by atoms with van der Waals surface area (Å²) in [5.41, 5.74) is 1.28. The standard InChI is InChI=1S/C16H27N3O2/c1-18(2)15(12-14-8-6-5-7-9-14)13-17-16(20)19(3)10-11-21-4/h5-9,15H,10-13H2,1-4H3,(H,17,20). The Hall–Kier alpha value is -1.59.